The molecule has 0 bridgehead atoms. The summed E-state index contributed by atoms with van der Waals surface area (Å²) in [5.41, 5.74) is 1.06. The standard InChI is InChI=1S/C27H33N3O5/c1-5-8-16-29(15-6-2)20-11-9-19(10-12-20)28-26(33)24-25(32)22-17-21(35-18(4)31)13-14-23(22)30(7-3)27(24)34/h9-14,17,32H,5-8,15-16H2,1-4H3,(H,28,33). The number of aromatic nitrogens is 1. The van der Waals surface area contributed by atoms with Crippen molar-refractivity contribution in [1.29, 1.82) is 0 Å². The second-order valence-corrected chi connectivity index (χ2v) is 8.39. The maximum absolute atomic E-state index is 13.1. The first-order valence-corrected chi connectivity index (χ1v) is 12.0. The lowest BCUT2D eigenvalue weighted by Crippen LogP contribution is -2.29. The zero-order valence-electron chi connectivity index (χ0n) is 20.8. The van der Waals surface area contributed by atoms with Crippen molar-refractivity contribution in [3.63, 3.8) is 0 Å². The van der Waals surface area contributed by atoms with Crippen LogP contribution >= 0.6 is 0 Å². The highest BCUT2D eigenvalue weighted by Crippen LogP contribution is 2.30. The van der Waals surface area contributed by atoms with Gasteiger partial charge in [0.25, 0.3) is 11.5 Å². The number of anilines is 2. The Kier molecular flexibility index (Phi) is 8.52. The molecule has 2 N–H and O–H groups in total. The number of nitrogens with one attached hydrogen (secondary N) is 1. The number of aryl methyl sites for hydroxylation is 1. The van der Waals surface area contributed by atoms with Crippen molar-refractivity contribution in [1.82, 2.24) is 4.57 Å². The van der Waals surface area contributed by atoms with Gasteiger partial charge in [0.05, 0.1) is 5.52 Å². The van der Waals surface area contributed by atoms with Crippen molar-refractivity contribution >= 4 is 34.2 Å². The SMILES string of the molecule is CCCCN(CCC)c1ccc(NC(=O)c2c(O)c3cc(OC(C)=O)ccc3n(CC)c2=O)cc1. The smallest absolute Gasteiger partial charge is 0.308 e. The van der Waals surface area contributed by atoms with E-state index in [0.717, 1.165) is 38.0 Å². The minimum atomic E-state index is -0.710. The topological polar surface area (TPSA) is 101 Å². The predicted octanol–water partition coefficient (Wildman–Crippen LogP) is 4.92. The zero-order valence-corrected chi connectivity index (χ0v) is 20.8. The Hall–Kier alpha value is -3.81. The summed E-state index contributed by atoms with van der Waals surface area (Å²) in [5.74, 6) is -1.46. The van der Waals surface area contributed by atoms with Crippen molar-refractivity contribution in [2.24, 2.45) is 0 Å². The Labute approximate surface area is 205 Å². The van der Waals surface area contributed by atoms with Crippen molar-refractivity contribution < 1.29 is 19.4 Å². The Bertz CT molecular complexity index is 1260. The first kappa shape index (κ1) is 25.8. The van der Waals surface area contributed by atoms with E-state index >= 15 is 0 Å². The normalized spacial score (nSPS) is 10.9. The summed E-state index contributed by atoms with van der Waals surface area (Å²) in [6.45, 7) is 9.56. The molecule has 186 valence electrons. The molecule has 0 atom stereocenters. The van der Waals surface area contributed by atoms with E-state index in [-0.39, 0.29) is 16.7 Å². The van der Waals surface area contributed by atoms with E-state index in [9.17, 15) is 19.5 Å². The van der Waals surface area contributed by atoms with Crippen LogP contribution in [-0.4, -0.2) is 34.6 Å². The first-order chi connectivity index (χ1) is 16.8. The molecule has 0 saturated heterocycles. The molecule has 0 aliphatic carbocycles. The fourth-order valence-electron chi connectivity index (χ4n) is 4.11. The summed E-state index contributed by atoms with van der Waals surface area (Å²) in [6.07, 6.45) is 3.25. The number of hydrogen-bond donors (Lipinski definition) is 2. The molecule has 0 radical (unpaired) electrons. The van der Waals surface area contributed by atoms with Crippen LogP contribution in [0.1, 0.15) is 57.3 Å². The van der Waals surface area contributed by atoms with Gasteiger partial charge in [-0.05, 0) is 62.2 Å². The monoisotopic (exact) mass is 479 g/mol. The number of nitrogens with zero attached hydrogens (tertiary/aromatic N) is 2. The van der Waals surface area contributed by atoms with Crippen LogP contribution in [0.15, 0.2) is 47.3 Å². The third-order valence-electron chi connectivity index (χ3n) is 5.78. The number of hydrogen-bond acceptors (Lipinski definition) is 6. The number of benzene rings is 2. The van der Waals surface area contributed by atoms with E-state index in [1.54, 1.807) is 31.2 Å². The van der Waals surface area contributed by atoms with Gasteiger partial charge in [0.1, 0.15) is 17.1 Å². The van der Waals surface area contributed by atoms with Gasteiger partial charge in [-0.1, -0.05) is 20.3 Å². The summed E-state index contributed by atoms with van der Waals surface area (Å²) < 4.78 is 6.51. The summed E-state index contributed by atoms with van der Waals surface area (Å²) >= 11 is 0. The fourth-order valence-corrected chi connectivity index (χ4v) is 4.11. The minimum absolute atomic E-state index is 0.211. The van der Waals surface area contributed by atoms with E-state index in [1.165, 1.54) is 17.6 Å². The molecule has 0 aliphatic heterocycles. The summed E-state index contributed by atoms with van der Waals surface area (Å²) in [6, 6.07) is 12.0. The molecule has 0 saturated carbocycles. The third kappa shape index (κ3) is 5.82. The van der Waals surface area contributed by atoms with Crippen molar-refractivity contribution in [2.45, 2.75) is 53.5 Å². The Morgan fingerprint density at radius 2 is 1.74 bits per heavy atom. The molecule has 8 heteroatoms. The number of rotatable bonds is 10. The average Bonchev–Trinajstić information content (AvgIpc) is 2.82. The van der Waals surface area contributed by atoms with E-state index in [0.29, 0.717) is 17.7 Å². The largest absolute Gasteiger partial charge is 0.506 e. The maximum atomic E-state index is 13.1. The molecule has 0 spiro atoms. The van der Waals surface area contributed by atoms with E-state index in [4.69, 9.17) is 4.74 Å². The number of esters is 1. The average molecular weight is 480 g/mol. The van der Waals surface area contributed by atoms with Gasteiger partial charge in [0.15, 0.2) is 0 Å². The molecule has 0 unspecified atom stereocenters. The van der Waals surface area contributed by atoms with Crippen LogP contribution in [0, 0.1) is 0 Å². The molecule has 1 amide bonds. The van der Waals surface area contributed by atoms with Crippen LogP contribution in [0.3, 0.4) is 0 Å². The second kappa shape index (κ2) is 11.6. The van der Waals surface area contributed by atoms with E-state index in [1.807, 2.05) is 12.1 Å². The Morgan fingerprint density at radius 1 is 1.03 bits per heavy atom. The highest BCUT2D eigenvalue weighted by atomic mass is 16.5. The maximum Gasteiger partial charge on any atom is 0.308 e. The summed E-state index contributed by atoms with van der Waals surface area (Å²) in [5, 5.41) is 13.9. The fraction of sp³-hybridized carbons (Fsp3) is 0.370. The Balaban J connectivity index is 1.94. The molecule has 0 aliphatic rings. The van der Waals surface area contributed by atoms with Gasteiger partial charge in [-0.25, -0.2) is 0 Å². The second-order valence-electron chi connectivity index (χ2n) is 8.39. The molecule has 3 aromatic rings. The third-order valence-corrected chi connectivity index (χ3v) is 5.78. The van der Waals surface area contributed by atoms with Gasteiger partial charge in [-0.15, -0.1) is 0 Å². The van der Waals surface area contributed by atoms with Crippen molar-refractivity contribution in [3.05, 3.63) is 58.4 Å². The quantitative estimate of drug-likeness (QED) is 0.316. The summed E-state index contributed by atoms with van der Waals surface area (Å²) in [4.78, 5) is 39.9. The number of ether oxygens (including phenoxy) is 1. The number of unbranched alkanes of at least 4 members (excludes halogenated alkanes) is 1. The van der Waals surface area contributed by atoms with Crippen LogP contribution in [0.4, 0.5) is 11.4 Å². The molecular formula is C27H33N3O5. The predicted molar refractivity (Wildman–Crippen MR) is 139 cm³/mol. The highest BCUT2D eigenvalue weighted by molar-refractivity contribution is 6.09. The molecule has 1 aromatic heterocycles. The van der Waals surface area contributed by atoms with Crippen LogP contribution in [-0.2, 0) is 11.3 Å². The van der Waals surface area contributed by atoms with Crippen molar-refractivity contribution in [2.75, 3.05) is 23.3 Å². The lowest BCUT2D eigenvalue weighted by molar-refractivity contribution is -0.131. The van der Waals surface area contributed by atoms with Crippen LogP contribution in [0.25, 0.3) is 10.9 Å². The lowest BCUT2D eigenvalue weighted by atomic mass is 10.1. The molecule has 8 nitrogen and oxygen atoms in total. The molecular weight excluding hydrogens is 446 g/mol. The zero-order chi connectivity index (χ0) is 25.5. The number of pyridine rings is 1. The van der Waals surface area contributed by atoms with Crippen LogP contribution in [0.2, 0.25) is 0 Å². The number of aromatic hydroxyl groups is 1. The number of carbonyl (C=O) groups excluding carboxylic acids is 2. The molecule has 3 rings (SSSR count). The van der Waals surface area contributed by atoms with Gasteiger partial charge in [0.2, 0.25) is 0 Å². The van der Waals surface area contributed by atoms with Gasteiger partial charge in [-0.2, -0.15) is 0 Å². The molecule has 0 fully saturated rings. The van der Waals surface area contributed by atoms with Gasteiger partial charge in [0, 0.05) is 43.3 Å². The molecule has 35 heavy (non-hydrogen) atoms. The van der Waals surface area contributed by atoms with Crippen LogP contribution < -0.4 is 20.5 Å². The minimum Gasteiger partial charge on any atom is -0.506 e. The van der Waals surface area contributed by atoms with Gasteiger partial charge < -0.3 is 24.6 Å². The Morgan fingerprint density at radius 3 is 2.34 bits per heavy atom. The highest BCUT2D eigenvalue weighted by Gasteiger charge is 2.23. The number of amides is 1. The molecule has 2 aromatic carbocycles. The molecule has 1 heterocycles. The number of fused-ring (bicyclic) bond motifs is 1. The van der Waals surface area contributed by atoms with Crippen LogP contribution in [0.5, 0.6) is 11.5 Å². The number of carbonyl (C=O) groups is 2. The van der Waals surface area contributed by atoms with E-state index < -0.39 is 23.2 Å². The summed E-state index contributed by atoms with van der Waals surface area (Å²) in [7, 11) is 0. The van der Waals surface area contributed by atoms with Gasteiger partial charge in [-0.3, -0.25) is 14.4 Å². The van der Waals surface area contributed by atoms with Crippen molar-refractivity contribution in [3.8, 4) is 11.5 Å². The van der Waals surface area contributed by atoms with E-state index in [2.05, 4.69) is 24.1 Å². The van der Waals surface area contributed by atoms with Gasteiger partial charge >= 0.3 is 5.97 Å². The first-order valence-electron chi connectivity index (χ1n) is 12.0. The lowest BCUT2D eigenvalue weighted by Gasteiger charge is -2.24.